The number of nitrogens with zero attached hydrogens (tertiary/aromatic N) is 6. The number of pyridine rings is 1. The lowest BCUT2D eigenvalue weighted by molar-refractivity contribution is 0.0696. The molecule has 0 saturated heterocycles. The van der Waals surface area contributed by atoms with Gasteiger partial charge in [-0.25, -0.2) is 9.78 Å². The van der Waals surface area contributed by atoms with E-state index in [4.69, 9.17) is 33.0 Å². The first-order valence-corrected chi connectivity index (χ1v) is 17.3. The number of carboxylic acids is 1. The first-order valence-electron chi connectivity index (χ1n) is 16.5. The normalized spacial score (nSPS) is 14.6. The molecular formula is C38H38Cl2N6O4. The zero-order chi connectivity index (χ0) is 35.8. The van der Waals surface area contributed by atoms with Gasteiger partial charge in [-0.2, -0.15) is 5.10 Å². The molecule has 5 heterocycles. The molecule has 10 nitrogen and oxygen atoms in total. The molecule has 0 saturated carbocycles. The Kier molecular flexibility index (Phi) is 8.43. The van der Waals surface area contributed by atoms with E-state index in [1.807, 2.05) is 81.5 Å². The van der Waals surface area contributed by atoms with Crippen molar-refractivity contribution in [3.8, 4) is 16.9 Å². The van der Waals surface area contributed by atoms with Gasteiger partial charge in [-0.1, -0.05) is 29.3 Å². The minimum absolute atomic E-state index is 0.0600. The number of rotatable bonds is 8. The van der Waals surface area contributed by atoms with E-state index < -0.39 is 5.97 Å². The fourth-order valence-corrected chi connectivity index (χ4v) is 7.87. The molecule has 0 bridgehead atoms. The van der Waals surface area contributed by atoms with Gasteiger partial charge in [0.05, 0.1) is 34.1 Å². The average molecular weight is 714 g/mol. The predicted octanol–water partition coefficient (Wildman–Crippen LogP) is 8.40. The van der Waals surface area contributed by atoms with E-state index in [1.54, 1.807) is 11.0 Å². The maximum Gasteiger partial charge on any atom is 0.337 e. The number of aromatic carboxylic acids is 1. The largest absolute Gasteiger partial charge is 0.494 e. The summed E-state index contributed by atoms with van der Waals surface area (Å²) in [6, 6.07) is 9.24. The number of hydrogen-bond donors (Lipinski definition) is 1. The van der Waals surface area contributed by atoms with E-state index in [0.717, 1.165) is 60.9 Å². The Balaban J connectivity index is 1.38. The number of aromatic nitrogens is 5. The van der Waals surface area contributed by atoms with Crippen LogP contribution < -0.4 is 9.64 Å². The first kappa shape index (κ1) is 33.7. The summed E-state index contributed by atoms with van der Waals surface area (Å²) in [7, 11) is 3.76. The number of hydrogen-bond acceptors (Lipinski definition) is 5. The zero-order valence-electron chi connectivity index (χ0n) is 29.1. The number of ether oxygens (including phenoxy) is 1. The topological polar surface area (TPSA) is 107 Å². The van der Waals surface area contributed by atoms with Gasteiger partial charge in [0, 0.05) is 71.7 Å². The molecule has 258 valence electrons. The van der Waals surface area contributed by atoms with Crippen molar-refractivity contribution in [3.63, 3.8) is 0 Å². The number of aryl methyl sites for hydroxylation is 6. The van der Waals surface area contributed by atoms with Crippen LogP contribution in [0.15, 0.2) is 42.7 Å². The summed E-state index contributed by atoms with van der Waals surface area (Å²) < 4.78 is 12.0. The number of carboxylic acid groups (broad SMARTS) is 1. The van der Waals surface area contributed by atoms with Crippen LogP contribution in [0.1, 0.15) is 68.3 Å². The molecule has 1 N–H and O–H groups in total. The summed E-state index contributed by atoms with van der Waals surface area (Å²) in [4.78, 5) is 33.0. The van der Waals surface area contributed by atoms with Crippen LogP contribution in [-0.2, 0) is 20.5 Å². The Morgan fingerprint density at radius 2 is 1.76 bits per heavy atom. The van der Waals surface area contributed by atoms with Gasteiger partial charge in [0.25, 0.3) is 5.91 Å². The molecule has 4 aromatic heterocycles. The maximum atomic E-state index is 14.9. The Bertz CT molecular complexity index is 2360. The van der Waals surface area contributed by atoms with Crippen molar-refractivity contribution in [2.24, 2.45) is 14.1 Å². The van der Waals surface area contributed by atoms with Gasteiger partial charge in [-0.15, -0.1) is 0 Å². The second-order valence-electron chi connectivity index (χ2n) is 13.3. The Hall–Kier alpha value is -4.80. The highest BCUT2D eigenvalue weighted by Crippen LogP contribution is 2.45. The minimum Gasteiger partial charge on any atom is -0.494 e. The molecule has 1 atom stereocenters. The number of anilines is 1. The molecule has 50 heavy (non-hydrogen) atoms. The molecule has 6 aromatic rings. The molecule has 1 aliphatic rings. The standard InChI is InChI=1S/C38H38Cl2N6O4/c1-19-13-25(14-20(2)33(19)40)50-12-8-9-26-27-10-11-29(39)32(31-22(4)42-44(7)23(31)5)34(27)46-21(3)17-45(37(47)35(26)46)30-18-43(6)36-28(30)15-24(16-41-36)38(48)49/h10-11,13-16,18,21H,8-9,12,17H2,1-7H3,(H,48,49). The number of carbonyl (C=O) groups excluding carboxylic acids is 1. The van der Waals surface area contributed by atoms with Crippen LogP contribution in [0.5, 0.6) is 5.75 Å². The molecule has 0 fully saturated rings. The third-order valence-corrected chi connectivity index (χ3v) is 10.8. The lowest BCUT2D eigenvalue weighted by atomic mass is 9.98. The molecule has 1 aliphatic heterocycles. The summed E-state index contributed by atoms with van der Waals surface area (Å²) >= 11 is 13.4. The highest BCUT2D eigenvalue weighted by atomic mass is 35.5. The van der Waals surface area contributed by atoms with E-state index >= 15 is 0 Å². The van der Waals surface area contributed by atoms with Gasteiger partial charge >= 0.3 is 5.97 Å². The van der Waals surface area contributed by atoms with Gasteiger partial charge in [-0.05, 0) is 88.4 Å². The Morgan fingerprint density at radius 1 is 1.04 bits per heavy atom. The fourth-order valence-electron chi connectivity index (χ4n) is 7.51. The van der Waals surface area contributed by atoms with Crippen LogP contribution in [0.4, 0.5) is 5.69 Å². The Labute approximate surface area is 299 Å². The SMILES string of the molecule is Cc1cc(OCCCc2c3n(c4c(-c5c(C)nn(C)c5C)c(Cl)ccc24)C(C)CN(c2cn(C)c4ncc(C(=O)O)cc24)C3=O)cc(C)c1Cl. The second-order valence-corrected chi connectivity index (χ2v) is 14.1. The Morgan fingerprint density at radius 3 is 2.42 bits per heavy atom. The van der Waals surface area contributed by atoms with E-state index in [9.17, 15) is 14.7 Å². The van der Waals surface area contributed by atoms with Crippen molar-refractivity contribution in [3.05, 3.63) is 92.1 Å². The van der Waals surface area contributed by atoms with E-state index in [1.165, 1.54) is 6.20 Å². The predicted molar refractivity (Wildman–Crippen MR) is 197 cm³/mol. The lowest BCUT2D eigenvalue weighted by Crippen LogP contribution is -2.42. The highest BCUT2D eigenvalue weighted by Gasteiger charge is 2.38. The summed E-state index contributed by atoms with van der Waals surface area (Å²) in [5.74, 6) is -0.494. The zero-order valence-corrected chi connectivity index (χ0v) is 30.6. The smallest absolute Gasteiger partial charge is 0.337 e. The highest BCUT2D eigenvalue weighted by molar-refractivity contribution is 6.35. The average Bonchev–Trinajstić information content (AvgIpc) is 3.67. The van der Waals surface area contributed by atoms with E-state index in [2.05, 4.69) is 16.5 Å². The maximum absolute atomic E-state index is 14.9. The van der Waals surface area contributed by atoms with Gasteiger partial charge in [-0.3, -0.25) is 9.48 Å². The molecule has 1 unspecified atom stereocenters. The van der Waals surface area contributed by atoms with Gasteiger partial charge in [0.1, 0.15) is 17.1 Å². The number of amides is 1. The van der Waals surface area contributed by atoms with Crippen molar-refractivity contribution in [1.29, 1.82) is 0 Å². The van der Waals surface area contributed by atoms with Gasteiger partial charge in [0.2, 0.25) is 0 Å². The van der Waals surface area contributed by atoms with Crippen LogP contribution >= 0.6 is 23.2 Å². The number of benzene rings is 2. The van der Waals surface area contributed by atoms with Crippen molar-refractivity contribution >= 4 is 62.7 Å². The van der Waals surface area contributed by atoms with Crippen LogP contribution in [0, 0.1) is 27.7 Å². The van der Waals surface area contributed by atoms with Crippen molar-refractivity contribution in [1.82, 2.24) is 23.9 Å². The monoisotopic (exact) mass is 712 g/mol. The van der Waals surface area contributed by atoms with Crippen LogP contribution in [-0.4, -0.2) is 54.0 Å². The molecule has 1 amide bonds. The minimum atomic E-state index is -1.08. The molecule has 0 aliphatic carbocycles. The van der Waals surface area contributed by atoms with Crippen molar-refractivity contribution < 1.29 is 19.4 Å². The molecule has 2 aromatic carbocycles. The molecule has 0 spiro atoms. The number of carbonyl (C=O) groups is 2. The second kappa shape index (κ2) is 12.5. The van der Waals surface area contributed by atoms with Gasteiger partial charge in [0.15, 0.2) is 0 Å². The summed E-state index contributed by atoms with van der Waals surface area (Å²) in [5.41, 5.74) is 9.23. The molecule has 12 heteroatoms. The lowest BCUT2D eigenvalue weighted by Gasteiger charge is -2.34. The summed E-state index contributed by atoms with van der Waals surface area (Å²) in [6.07, 6.45) is 4.41. The summed E-state index contributed by atoms with van der Waals surface area (Å²) in [6.45, 7) is 10.8. The first-order chi connectivity index (χ1) is 23.8. The van der Waals surface area contributed by atoms with E-state index in [-0.39, 0.29) is 17.5 Å². The molecule has 0 radical (unpaired) electrons. The molecular weight excluding hydrogens is 675 g/mol. The molecule has 7 rings (SSSR count). The van der Waals surface area contributed by atoms with Gasteiger partial charge < -0.3 is 23.9 Å². The third-order valence-electron chi connectivity index (χ3n) is 9.89. The van der Waals surface area contributed by atoms with Crippen LogP contribution in [0.25, 0.3) is 33.1 Å². The summed E-state index contributed by atoms with van der Waals surface area (Å²) in [5, 5.41) is 17.3. The van der Waals surface area contributed by atoms with Crippen molar-refractivity contribution in [2.75, 3.05) is 18.1 Å². The number of fused-ring (bicyclic) bond motifs is 4. The quantitative estimate of drug-likeness (QED) is 0.159. The fraction of sp³-hybridized carbons (Fsp3) is 0.316. The van der Waals surface area contributed by atoms with Crippen LogP contribution in [0.2, 0.25) is 10.0 Å². The number of halogens is 2. The third kappa shape index (κ3) is 5.32. The van der Waals surface area contributed by atoms with Crippen molar-refractivity contribution in [2.45, 2.75) is 53.5 Å². The van der Waals surface area contributed by atoms with Crippen LogP contribution in [0.3, 0.4) is 0 Å². The van der Waals surface area contributed by atoms with E-state index in [0.29, 0.717) is 53.4 Å².